The van der Waals surface area contributed by atoms with Crippen LogP contribution in [-0.2, 0) is 27.8 Å². The van der Waals surface area contributed by atoms with Crippen molar-refractivity contribution in [2.24, 2.45) is 0 Å². The third-order valence-electron chi connectivity index (χ3n) is 4.09. The predicted octanol–water partition coefficient (Wildman–Crippen LogP) is 2.59. The zero-order valence-corrected chi connectivity index (χ0v) is 16.1. The maximum absolute atomic E-state index is 12.5. The Bertz CT molecular complexity index is 790. The maximum atomic E-state index is 12.5. The topological polar surface area (TPSA) is 66.5 Å². The molecule has 2 rings (SSSR count). The summed E-state index contributed by atoms with van der Waals surface area (Å²) in [7, 11) is -3.50. The molecule has 1 amide bonds. The second-order valence-corrected chi connectivity index (χ2v) is 8.40. The van der Waals surface area contributed by atoms with Gasteiger partial charge in [0.05, 0.1) is 12.3 Å². The molecule has 0 aliphatic rings. The van der Waals surface area contributed by atoms with Crippen molar-refractivity contribution in [3.8, 4) is 0 Å². The van der Waals surface area contributed by atoms with Crippen LogP contribution in [0.4, 0.5) is 0 Å². The van der Waals surface area contributed by atoms with Gasteiger partial charge in [0.2, 0.25) is 15.9 Å². The summed E-state index contributed by atoms with van der Waals surface area (Å²) in [6.07, 6.45) is 0.419. The molecule has 0 spiro atoms. The molecular weight excluding hydrogens is 348 g/mol. The minimum Gasteiger partial charge on any atom is -0.335 e. The fraction of sp³-hybridized carbons (Fsp3) is 0.350. The molecule has 0 radical (unpaired) electrons. The standard InChI is InChI=1S/C20H26N2O3S/c1-17(2)22(16-19-11-7-4-8-12-19)20(23)15-21-26(24,25)14-13-18-9-5-3-6-10-18/h3-12,17,21H,13-16H2,1-2H3. The summed E-state index contributed by atoms with van der Waals surface area (Å²) in [5.41, 5.74) is 1.97. The van der Waals surface area contributed by atoms with Crippen molar-refractivity contribution < 1.29 is 13.2 Å². The van der Waals surface area contributed by atoms with Gasteiger partial charge in [0.1, 0.15) is 0 Å². The Morgan fingerprint density at radius 3 is 2.04 bits per heavy atom. The first-order valence-electron chi connectivity index (χ1n) is 8.72. The lowest BCUT2D eigenvalue weighted by atomic mass is 10.2. The van der Waals surface area contributed by atoms with E-state index in [-0.39, 0.29) is 24.2 Å². The number of nitrogens with zero attached hydrogens (tertiary/aromatic N) is 1. The number of sulfonamides is 1. The monoisotopic (exact) mass is 374 g/mol. The lowest BCUT2D eigenvalue weighted by molar-refractivity contribution is -0.132. The highest BCUT2D eigenvalue weighted by Crippen LogP contribution is 2.08. The molecule has 0 bridgehead atoms. The molecule has 0 aromatic heterocycles. The van der Waals surface area contributed by atoms with Gasteiger partial charge in [0.25, 0.3) is 0 Å². The summed E-state index contributed by atoms with van der Waals surface area (Å²) in [5, 5.41) is 0. The number of hydrogen-bond acceptors (Lipinski definition) is 3. The van der Waals surface area contributed by atoms with Crippen molar-refractivity contribution in [3.63, 3.8) is 0 Å². The van der Waals surface area contributed by atoms with E-state index in [1.165, 1.54) is 0 Å². The second-order valence-electron chi connectivity index (χ2n) is 6.48. The van der Waals surface area contributed by atoms with Crippen molar-refractivity contribution in [1.29, 1.82) is 0 Å². The van der Waals surface area contributed by atoms with E-state index in [0.717, 1.165) is 11.1 Å². The van der Waals surface area contributed by atoms with Crippen molar-refractivity contribution in [3.05, 3.63) is 71.8 Å². The third-order valence-corrected chi connectivity index (χ3v) is 5.41. The van der Waals surface area contributed by atoms with Gasteiger partial charge in [-0.25, -0.2) is 13.1 Å². The van der Waals surface area contributed by atoms with Gasteiger partial charge in [-0.05, 0) is 31.4 Å². The number of amides is 1. The van der Waals surface area contributed by atoms with Gasteiger partial charge in [0, 0.05) is 12.6 Å². The van der Waals surface area contributed by atoms with Crippen LogP contribution in [0.25, 0.3) is 0 Å². The fourth-order valence-electron chi connectivity index (χ4n) is 2.58. The Morgan fingerprint density at radius 2 is 1.50 bits per heavy atom. The first-order valence-corrected chi connectivity index (χ1v) is 10.4. The zero-order chi connectivity index (χ0) is 19.0. The van der Waals surface area contributed by atoms with E-state index in [2.05, 4.69) is 4.72 Å². The number of hydrogen-bond donors (Lipinski definition) is 1. The lowest BCUT2D eigenvalue weighted by Crippen LogP contribution is -2.43. The molecule has 140 valence electrons. The Balaban J connectivity index is 1.89. The first kappa shape index (κ1) is 20.1. The van der Waals surface area contributed by atoms with Crippen LogP contribution < -0.4 is 4.72 Å². The van der Waals surface area contributed by atoms with Crippen LogP contribution in [0.1, 0.15) is 25.0 Å². The molecule has 1 N–H and O–H groups in total. The highest BCUT2D eigenvalue weighted by Gasteiger charge is 2.20. The summed E-state index contributed by atoms with van der Waals surface area (Å²) < 4.78 is 26.8. The van der Waals surface area contributed by atoms with Gasteiger partial charge in [0.15, 0.2) is 0 Å². The molecule has 26 heavy (non-hydrogen) atoms. The van der Waals surface area contributed by atoms with Crippen LogP contribution >= 0.6 is 0 Å². The molecule has 0 fully saturated rings. The van der Waals surface area contributed by atoms with E-state index in [4.69, 9.17) is 0 Å². The van der Waals surface area contributed by atoms with Crippen molar-refractivity contribution >= 4 is 15.9 Å². The summed E-state index contributed by atoms with van der Waals surface area (Å²) in [6, 6.07) is 19.1. The third kappa shape index (κ3) is 6.61. The summed E-state index contributed by atoms with van der Waals surface area (Å²) in [5.74, 6) is -0.267. The second kappa shape index (κ2) is 9.50. The first-order chi connectivity index (χ1) is 12.4. The normalized spacial score (nSPS) is 11.5. The molecule has 0 saturated carbocycles. The van der Waals surface area contributed by atoms with E-state index in [1.807, 2.05) is 74.5 Å². The largest absolute Gasteiger partial charge is 0.335 e. The van der Waals surface area contributed by atoms with Gasteiger partial charge in [-0.3, -0.25) is 4.79 Å². The molecule has 0 heterocycles. The Labute approximate surface area is 156 Å². The molecule has 0 atom stereocenters. The van der Waals surface area contributed by atoms with Crippen LogP contribution in [0.3, 0.4) is 0 Å². The van der Waals surface area contributed by atoms with E-state index in [0.29, 0.717) is 13.0 Å². The predicted molar refractivity (Wildman–Crippen MR) is 104 cm³/mol. The molecule has 0 aliphatic carbocycles. The number of aryl methyl sites for hydroxylation is 1. The minimum absolute atomic E-state index is 0.0171. The van der Waals surface area contributed by atoms with E-state index >= 15 is 0 Å². The number of rotatable bonds is 9. The molecule has 5 nitrogen and oxygen atoms in total. The summed E-state index contributed by atoms with van der Waals surface area (Å²) in [4.78, 5) is 14.2. The van der Waals surface area contributed by atoms with E-state index in [1.54, 1.807) is 4.90 Å². The number of carbonyl (C=O) groups excluding carboxylic acids is 1. The maximum Gasteiger partial charge on any atom is 0.238 e. The van der Waals surface area contributed by atoms with Crippen LogP contribution in [0.15, 0.2) is 60.7 Å². The zero-order valence-electron chi connectivity index (χ0n) is 15.3. The van der Waals surface area contributed by atoms with Crippen molar-refractivity contribution in [1.82, 2.24) is 9.62 Å². The fourth-order valence-corrected chi connectivity index (χ4v) is 3.57. The van der Waals surface area contributed by atoms with E-state index < -0.39 is 10.0 Å². The van der Waals surface area contributed by atoms with Gasteiger partial charge in [-0.15, -0.1) is 0 Å². The minimum atomic E-state index is -3.50. The Kier molecular flexibility index (Phi) is 7.36. The molecule has 6 heteroatoms. The highest BCUT2D eigenvalue weighted by atomic mass is 32.2. The van der Waals surface area contributed by atoms with Crippen LogP contribution in [-0.4, -0.2) is 37.6 Å². The average Bonchev–Trinajstić information content (AvgIpc) is 2.64. The molecule has 2 aromatic rings. The van der Waals surface area contributed by atoms with Gasteiger partial charge < -0.3 is 4.90 Å². The smallest absolute Gasteiger partial charge is 0.238 e. The number of benzene rings is 2. The van der Waals surface area contributed by atoms with Crippen molar-refractivity contribution in [2.45, 2.75) is 32.9 Å². The Morgan fingerprint density at radius 1 is 0.962 bits per heavy atom. The molecule has 0 aliphatic heterocycles. The number of nitrogens with one attached hydrogen (secondary N) is 1. The molecule has 0 saturated heterocycles. The van der Waals surface area contributed by atoms with Crippen LogP contribution in [0.2, 0.25) is 0 Å². The van der Waals surface area contributed by atoms with Gasteiger partial charge >= 0.3 is 0 Å². The van der Waals surface area contributed by atoms with Crippen LogP contribution in [0.5, 0.6) is 0 Å². The van der Waals surface area contributed by atoms with Crippen LogP contribution in [0, 0.1) is 0 Å². The summed E-state index contributed by atoms with van der Waals surface area (Å²) in [6.45, 7) is 4.08. The molecule has 2 aromatic carbocycles. The number of carbonyl (C=O) groups is 1. The van der Waals surface area contributed by atoms with Crippen molar-refractivity contribution in [2.75, 3.05) is 12.3 Å². The summed E-state index contributed by atoms with van der Waals surface area (Å²) >= 11 is 0. The average molecular weight is 375 g/mol. The quantitative estimate of drug-likeness (QED) is 0.734. The highest BCUT2D eigenvalue weighted by molar-refractivity contribution is 7.89. The molecular formula is C20H26N2O3S. The van der Waals surface area contributed by atoms with Gasteiger partial charge in [-0.1, -0.05) is 60.7 Å². The lowest BCUT2D eigenvalue weighted by Gasteiger charge is -2.27. The Hall–Kier alpha value is -2.18. The molecule has 0 unspecified atom stereocenters. The van der Waals surface area contributed by atoms with Gasteiger partial charge in [-0.2, -0.15) is 0 Å². The SMILES string of the molecule is CC(C)N(Cc1ccccc1)C(=O)CNS(=O)(=O)CCc1ccccc1. The van der Waals surface area contributed by atoms with E-state index in [9.17, 15) is 13.2 Å².